The van der Waals surface area contributed by atoms with E-state index in [-0.39, 0.29) is 5.54 Å². The fourth-order valence-corrected chi connectivity index (χ4v) is 1.79. The van der Waals surface area contributed by atoms with Gasteiger partial charge in [-0.3, -0.25) is 0 Å². The quantitative estimate of drug-likeness (QED) is 0.810. The summed E-state index contributed by atoms with van der Waals surface area (Å²) in [6.45, 7) is 11.4. The van der Waals surface area contributed by atoms with Crippen LogP contribution in [0.15, 0.2) is 6.20 Å². The van der Waals surface area contributed by atoms with Crippen LogP contribution in [-0.2, 0) is 12.1 Å². The minimum atomic E-state index is -0.644. The summed E-state index contributed by atoms with van der Waals surface area (Å²) in [5.74, 6) is 0. The first-order valence-corrected chi connectivity index (χ1v) is 6.59. The van der Waals surface area contributed by atoms with Crippen molar-refractivity contribution < 1.29 is 5.11 Å². The van der Waals surface area contributed by atoms with Crippen LogP contribution in [0, 0.1) is 0 Å². The fraction of sp³-hybridized carbons (Fsp3) is 0.846. The van der Waals surface area contributed by atoms with Gasteiger partial charge < -0.3 is 10.4 Å². The maximum atomic E-state index is 10.0. The molecule has 0 amide bonds. The van der Waals surface area contributed by atoms with Crippen molar-refractivity contribution in [3.63, 3.8) is 0 Å². The lowest BCUT2D eigenvalue weighted by Gasteiger charge is -2.22. The molecule has 2 N–H and O–H groups in total. The predicted molar refractivity (Wildman–Crippen MR) is 72.3 cm³/mol. The highest BCUT2D eigenvalue weighted by molar-refractivity contribution is 4.94. The zero-order valence-electron chi connectivity index (χ0n) is 12.2. The van der Waals surface area contributed by atoms with Gasteiger partial charge >= 0.3 is 0 Å². The molecule has 5 nitrogen and oxygen atoms in total. The molecular weight excluding hydrogens is 228 g/mol. The Labute approximate surface area is 110 Å². The van der Waals surface area contributed by atoms with Crippen LogP contribution >= 0.6 is 0 Å². The SMILES string of the molecule is CCCC(C)(O)CNCc1cn(C(C)(C)C)nn1. The third-order valence-electron chi connectivity index (χ3n) is 2.83. The second-order valence-corrected chi connectivity index (χ2v) is 6.18. The second kappa shape index (κ2) is 5.80. The van der Waals surface area contributed by atoms with Gasteiger partial charge in [0, 0.05) is 13.1 Å². The third kappa shape index (κ3) is 4.74. The van der Waals surface area contributed by atoms with Crippen molar-refractivity contribution in [2.24, 2.45) is 0 Å². The zero-order valence-corrected chi connectivity index (χ0v) is 12.2. The van der Waals surface area contributed by atoms with E-state index in [2.05, 4.69) is 43.3 Å². The summed E-state index contributed by atoms with van der Waals surface area (Å²) in [5, 5.41) is 21.5. The Morgan fingerprint density at radius 1 is 1.33 bits per heavy atom. The fourth-order valence-electron chi connectivity index (χ4n) is 1.79. The molecule has 5 heteroatoms. The van der Waals surface area contributed by atoms with Gasteiger partial charge in [-0.1, -0.05) is 18.6 Å². The molecule has 104 valence electrons. The average molecular weight is 254 g/mol. The normalized spacial score (nSPS) is 15.7. The number of rotatable bonds is 6. The predicted octanol–water partition coefficient (Wildman–Crippen LogP) is 1.67. The van der Waals surface area contributed by atoms with Gasteiger partial charge in [0.1, 0.15) is 0 Å². The molecule has 1 atom stereocenters. The van der Waals surface area contributed by atoms with Crippen LogP contribution in [0.1, 0.15) is 53.2 Å². The molecule has 0 bridgehead atoms. The number of aromatic nitrogens is 3. The van der Waals surface area contributed by atoms with E-state index in [1.54, 1.807) is 0 Å². The van der Waals surface area contributed by atoms with Crippen LogP contribution in [0.2, 0.25) is 0 Å². The largest absolute Gasteiger partial charge is 0.389 e. The molecule has 18 heavy (non-hydrogen) atoms. The van der Waals surface area contributed by atoms with Gasteiger partial charge in [0.25, 0.3) is 0 Å². The molecule has 0 saturated carbocycles. The molecule has 1 aromatic rings. The van der Waals surface area contributed by atoms with E-state index in [0.717, 1.165) is 18.5 Å². The smallest absolute Gasteiger partial charge is 0.0965 e. The van der Waals surface area contributed by atoms with E-state index in [9.17, 15) is 5.11 Å². The molecule has 1 rings (SSSR count). The lowest BCUT2D eigenvalue weighted by atomic mass is 10.0. The van der Waals surface area contributed by atoms with Gasteiger partial charge in [-0.15, -0.1) is 5.10 Å². The third-order valence-corrected chi connectivity index (χ3v) is 2.83. The van der Waals surface area contributed by atoms with E-state index >= 15 is 0 Å². The molecule has 0 radical (unpaired) electrons. The van der Waals surface area contributed by atoms with E-state index in [1.165, 1.54) is 0 Å². The van der Waals surface area contributed by atoms with Crippen LogP contribution in [0.25, 0.3) is 0 Å². The topological polar surface area (TPSA) is 63.0 Å². The number of hydrogen-bond acceptors (Lipinski definition) is 4. The Kier molecular flexibility index (Phi) is 4.87. The van der Waals surface area contributed by atoms with Crippen molar-refractivity contribution in [1.29, 1.82) is 0 Å². The standard InChI is InChI=1S/C13H26N4O/c1-6-7-13(5,18)10-14-8-11-9-17(16-15-11)12(2,3)4/h9,14,18H,6-8,10H2,1-5H3. The summed E-state index contributed by atoms with van der Waals surface area (Å²) < 4.78 is 1.86. The Bertz CT molecular complexity index is 365. The minimum absolute atomic E-state index is 0.0427. The Hall–Kier alpha value is -0.940. The van der Waals surface area contributed by atoms with E-state index < -0.39 is 5.60 Å². The zero-order chi connectivity index (χ0) is 13.8. The Morgan fingerprint density at radius 2 is 2.00 bits per heavy atom. The van der Waals surface area contributed by atoms with E-state index in [0.29, 0.717) is 13.1 Å². The van der Waals surface area contributed by atoms with Gasteiger partial charge in [-0.2, -0.15) is 0 Å². The van der Waals surface area contributed by atoms with Crippen LogP contribution in [0.4, 0.5) is 0 Å². The van der Waals surface area contributed by atoms with Crippen molar-refractivity contribution in [3.05, 3.63) is 11.9 Å². The summed E-state index contributed by atoms with van der Waals surface area (Å²) in [5.41, 5.74) is 0.213. The number of nitrogens with zero attached hydrogens (tertiary/aromatic N) is 3. The minimum Gasteiger partial charge on any atom is -0.389 e. The van der Waals surface area contributed by atoms with E-state index in [1.807, 2.05) is 17.8 Å². The first-order valence-electron chi connectivity index (χ1n) is 6.59. The average Bonchev–Trinajstić information content (AvgIpc) is 2.65. The first kappa shape index (κ1) is 15.1. The van der Waals surface area contributed by atoms with Gasteiger partial charge in [0.2, 0.25) is 0 Å². The summed E-state index contributed by atoms with van der Waals surface area (Å²) in [6, 6.07) is 0. The number of hydrogen-bond donors (Lipinski definition) is 2. The van der Waals surface area contributed by atoms with Crippen molar-refractivity contribution in [2.45, 2.75) is 65.1 Å². The van der Waals surface area contributed by atoms with Crippen molar-refractivity contribution in [3.8, 4) is 0 Å². The van der Waals surface area contributed by atoms with Crippen LogP contribution in [0.3, 0.4) is 0 Å². The summed E-state index contributed by atoms with van der Waals surface area (Å²) in [4.78, 5) is 0. The molecule has 0 saturated heterocycles. The lowest BCUT2D eigenvalue weighted by molar-refractivity contribution is 0.0497. The van der Waals surface area contributed by atoms with Crippen LogP contribution < -0.4 is 5.32 Å². The molecule has 0 aromatic carbocycles. The molecule has 1 aromatic heterocycles. The van der Waals surface area contributed by atoms with Crippen molar-refractivity contribution in [1.82, 2.24) is 20.3 Å². The summed E-state index contributed by atoms with van der Waals surface area (Å²) in [7, 11) is 0. The van der Waals surface area contributed by atoms with Gasteiger partial charge in [0.05, 0.1) is 23.0 Å². The summed E-state index contributed by atoms with van der Waals surface area (Å²) in [6.07, 6.45) is 3.73. The number of nitrogens with one attached hydrogen (secondary N) is 1. The second-order valence-electron chi connectivity index (χ2n) is 6.18. The van der Waals surface area contributed by atoms with Gasteiger partial charge in [-0.25, -0.2) is 4.68 Å². The molecule has 1 heterocycles. The highest BCUT2D eigenvalue weighted by Gasteiger charge is 2.19. The molecular formula is C13H26N4O. The molecule has 0 fully saturated rings. The molecule has 0 aliphatic carbocycles. The Balaban J connectivity index is 2.43. The maximum Gasteiger partial charge on any atom is 0.0965 e. The van der Waals surface area contributed by atoms with Gasteiger partial charge in [0.15, 0.2) is 0 Å². The first-order chi connectivity index (χ1) is 8.24. The molecule has 0 aliphatic rings. The van der Waals surface area contributed by atoms with Crippen molar-refractivity contribution in [2.75, 3.05) is 6.54 Å². The highest BCUT2D eigenvalue weighted by atomic mass is 16.3. The summed E-state index contributed by atoms with van der Waals surface area (Å²) >= 11 is 0. The van der Waals surface area contributed by atoms with Crippen molar-refractivity contribution >= 4 is 0 Å². The lowest BCUT2D eigenvalue weighted by Crippen LogP contribution is -2.37. The van der Waals surface area contributed by atoms with Crippen LogP contribution in [0.5, 0.6) is 0 Å². The highest BCUT2D eigenvalue weighted by Crippen LogP contribution is 2.12. The molecule has 0 aliphatic heterocycles. The van der Waals surface area contributed by atoms with Crippen LogP contribution in [-0.4, -0.2) is 32.2 Å². The van der Waals surface area contributed by atoms with Gasteiger partial charge in [-0.05, 0) is 34.1 Å². The molecule has 0 spiro atoms. The van der Waals surface area contributed by atoms with E-state index in [4.69, 9.17) is 0 Å². The maximum absolute atomic E-state index is 10.0. The molecule has 1 unspecified atom stereocenters. The Morgan fingerprint density at radius 3 is 2.50 bits per heavy atom. The number of aliphatic hydroxyl groups is 1. The monoisotopic (exact) mass is 254 g/mol.